The summed E-state index contributed by atoms with van der Waals surface area (Å²) in [6.45, 7) is 1.49. The summed E-state index contributed by atoms with van der Waals surface area (Å²) in [4.78, 5) is 58.7. The maximum absolute atomic E-state index is 14.9. The molecule has 1 aromatic carbocycles. The van der Waals surface area contributed by atoms with Crippen LogP contribution in [0.5, 0.6) is 5.75 Å². The lowest BCUT2D eigenvalue weighted by atomic mass is 9.69. The Kier molecular flexibility index (Phi) is 11.5. The third-order valence-corrected chi connectivity index (χ3v) is 11.0. The fraction of sp³-hybridized carbons (Fsp3) is 0.472. The van der Waals surface area contributed by atoms with Crippen LogP contribution in [0.4, 0.5) is 26.3 Å². The van der Waals surface area contributed by atoms with E-state index in [1.165, 1.54) is 4.90 Å². The van der Waals surface area contributed by atoms with Crippen molar-refractivity contribution in [3.05, 3.63) is 81.3 Å². The molecule has 2 aliphatic heterocycles. The van der Waals surface area contributed by atoms with E-state index in [0.29, 0.717) is 28.9 Å². The van der Waals surface area contributed by atoms with Crippen LogP contribution in [-0.4, -0.2) is 74.9 Å². The summed E-state index contributed by atoms with van der Waals surface area (Å²) in [5, 5.41) is 10.4. The fourth-order valence-corrected chi connectivity index (χ4v) is 8.21. The average molecular weight is 769 g/mol. The Bertz CT molecular complexity index is 1840. The second-order valence-corrected chi connectivity index (χ2v) is 14.1. The average Bonchev–Trinajstić information content (AvgIpc) is 3.60. The van der Waals surface area contributed by atoms with Crippen LogP contribution in [0.25, 0.3) is 0 Å². The summed E-state index contributed by atoms with van der Waals surface area (Å²) < 4.78 is 89.4. The Balaban J connectivity index is 1.55. The van der Waals surface area contributed by atoms with Gasteiger partial charge in [0.25, 0.3) is 11.8 Å². The number of carboxylic acids is 1. The number of carbonyl (C=O) groups excluding carboxylic acids is 3. The highest BCUT2D eigenvalue weighted by atomic mass is 32.1. The number of rotatable bonds is 11. The number of aliphatic carboxylic acids is 1. The van der Waals surface area contributed by atoms with E-state index in [-0.39, 0.29) is 70.3 Å². The molecular formula is C36H38F6N4O6S. The summed E-state index contributed by atoms with van der Waals surface area (Å²) in [7, 11) is 0. The number of likely N-dealkylation sites (tertiary alicyclic amines) is 2. The quantitative estimate of drug-likeness (QED) is 0.213. The molecule has 2 saturated heterocycles. The topological polar surface area (TPSA) is 143 Å². The minimum atomic E-state index is -4.93. The number of aromatic nitrogens is 1. The Hall–Kier alpha value is -4.67. The molecule has 4 heterocycles. The van der Waals surface area contributed by atoms with Gasteiger partial charge in [0.15, 0.2) is 0 Å². The van der Waals surface area contributed by atoms with E-state index < -0.39 is 69.2 Å². The first-order chi connectivity index (χ1) is 24.9. The number of nitrogens with zero attached hydrogens (tertiary/aromatic N) is 3. The van der Waals surface area contributed by atoms with Crippen molar-refractivity contribution >= 4 is 35.0 Å². The number of nitrogens with two attached hydrogens (primary N) is 1. The number of thiophene rings is 1. The number of benzene rings is 1. The van der Waals surface area contributed by atoms with Gasteiger partial charge in [-0.1, -0.05) is 37.6 Å². The van der Waals surface area contributed by atoms with E-state index in [1.54, 1.807) is 31.2 Å². The minimum Gasteiger partial charge on any atom is -0.481 e. The molecule has 2 atom stereocenters. The SMILES string of the molecule is CCCC1N(C(=O)c2ncccc2C(F)(F)F)CCCC1(Oc1csc(C(F)(F)F)c1)C(=O)N1CCC(C(N)=O)(c2ccccc2CCC(=O)O)CC1. The maximum atomic E-state index is 14.9. The number of aryl methyl sites for hydroxylation is 1. The number of carboxylic acid groups (broad SMARTS) is 1. The Labute approximate surface area is 304 Å². The Morgan fingerprint density at radius 2 is 1.70 bits per heavy atom. The number of hydrogen-bond donors (Lipinski definition) is 2. The lowest BCUT2D eigenvalue weighted by Gasteiger charge is -2.51. The van der Waals surface area contributed by atoms with Crippen molar-refractivity contribution in [2.45, 2.75) is 87.7 Å². The molecule has 0 spiro atoms. The van der Waals surface area contributed by atoms with E-state index in [1.807, 2.05) is 0 Å². The van der Waals surface area contributed by atoms with Gasteiger partial charge in [0.2, 0.25) is 11.5 Å². The predicted molar refractivity (Wildman–Crippen MR) is 180 cm³/mol. The second kappa shape index (κ2) is 15.4. The van der Waals surface area contributed by atoms with Gasteiger partial charge in [-0.05, 0) is 55.4 Å². The zero-order valence-corrected chi connectivity index (χ0v) is 29.5. The number of amides is 3. The van der Waals surface area contributed by atoms with E-state index >= 15 is 0 Å². The lowest BCUT2D eigenvalue weighted by Crippen LogP contribution is -2.69. The number of primary amides is 1. The molecule has 2 fully saturated rings. The molecule has 3 aromatic rings. The van der Waals surface area contributed by atoms with Crippen LogP contribution in [0.3, 0.4) is 0 Å². The largest absolute Gasteiger partial charge is 0.481 e. The highest BCUT2D eigenvalue weighted by Crippen LogP contribution is 2.44. The molecular weight excluding hydrogens is 730 g/mol. The Morgan fingerprint density at radius 3 is 2.30 bits per heavy atom. The molecule has 53 heavy (non-hydrogen) atoms. The molecule has 3 amide bonds. The lowest BCUT2D eigenvalue weighted by molar-refractivity contribution is -0.161. The maximum Gasteiger partial charge on any atom is 0.425 e. The van der Waals surface area contributed by atoms with Crippen molar-refractivity contribution in [1.82, 2.24) is 14.8 Å². The third-order valence-electron chi connectivity index (χ3n) is 10.0. The van der Waals surface area contributed by atoms with Gasteiger partial charge in [-0.3, -0.25) is 24.2 Å². The van der Waals surface area contributed by atoms with Crippen LogP contribution in [-0.2, 0) is 38.6 Å². The van der Waals surface area contributed by atoms with Crippen LogP contribution in [0.2, 0.25) is 0 Å². The van der Waals surface area contributed by atoms with Crippen molar-refractivity contribution in [2.24, 2.45) is 5.73 Å². The molecule has 2 unspecified atom stereocenters. The first-order valence-corrected chi connectivity index (χ1v) is 17.9. The standard InChI is InChI=1S/C36H38F6N4O6S/c1-2-7-26-34(52-23-20-27(53-21-23)36(40,41)42,13-6-17-46(26)30(49)29-25(35(37,38)39)10-5-16-44-29)32(51)45-18-14-33(15-19-45,31(43)50)24-9-4-3-8-22(24)11-12-28(47)48/h3-5,8-10,16,20-21,26H,2,6-7,11-15,17-19H2,1H3,(H2,43,50)(H,47,48). The van der Waals surface area contributed by atoms with Gasteiger partial charge in [0, 0.05) is 50.1 Å². The first-order valence-electron chi connectivity index (χ1n) is 17.0. The van der Waals surface area contributed by atoms with Crippen LogP contribution in [0.1, 0.15) is 83.9 Å². The molecule has 3 N–H and O–H groups in total. The number of ether oxygens (including phenoxy) is 1. The van der Waals surface area contributed by atoms with Crippen molar-refractivity contribution in [3.63, 3.8) is 0 Å². The first kappa shape index (κ1) is 39.5. The molecule has 17 heteroatoms. The van der Waals surface area contributed by atoms with Crippen LogP contribution >= 0.6 is 11.3 Å². The second-order valence-electron chi connectivity index (χ2n) is 13.2. The highest BCUT2D eigenvalue weighted by molar-refractivity contribution is 7.10. The van der Waals surface area contributed by atoms with E-state index in [9.17, 15) is 50.6 Å². The van der Waals surface area contributed by atoms with Gasteiger partial charge < -0.3 is 25.4 Å². The molecule has 0 bridgehead atoms. The molecule has 2 aromatic heterocycles. The number of carbonyl (C=O) groups is 4. The highest BCUT2D eigenvalue weighted by Gasteiger charge is 2.57. The van der Waals surface area contributed by atoms with Crippen molar-refractivity contribution in [1.29, 1.82) is 0 Å². The fourth-order valence-electron chi connectivity index (χ4n) is 7.53. The van der Waals surface area contributed by atoms with E-state index in [4.69, 9.17) is 10.5 Å². The molecule has 10 nitrogen and oxygen atoms in total. The van der Waals surface area contributed by atoms with Gasteiger partial charge in [0.1, 0.15) is 16.3 Å². The molecule has 5 rings (SSSR count). The van der Waals surface area contributed by atoms with Crippen molar-refractivity contribution in [2.75, 3.05) is 19.6 Å². The van der Waals surface area contributed by atoms with E-state index in [2.05, 4.69) is 4.98 Å². The summed E-state index contributed by atoms with van der Waals surface area (Å²) in [5.74, 6) is -3.84. The van der Waals surface area contributed by atoms with Gasteiger partial charge in [0.05, 0.1) is 17.0 Å². The molecule has 0 saturated carbocycles. The normalized spacial score (nSPS) is 20.5. The van der Waals surface area contributed by atoms with Crippen LogP contribution in [0.15, 0.2) is 54.0 Å². The third kappa shape index (κ3) is 7.99. The summed E-state index contributed by atoms with van der Waals surface area (Å²) in [6.07, 6.45) is -8.35. The van der Waals surface area contributed by atoms with Crippen molar-refractivity contribution < 1.29 is 55.4 Å². The summed E-state index contributed by atoms with van der Waals surface area (Å²) >= 11 is 0.343. The Morgan fingerprint density at radius 1 is 1.00 bits per heavy atom. The number of hydrogen-bond acceptors (Lipinski definition) is 7. The van der Waals surface area contributed by atoms with Crippen molar-refractivity contribution in [3.8, 4) is 5.75 Å². The summed E-state index contributed by atoms with van der Waals surface area (Å²) in [6, 6.07) is 8.06. The van der Waals surface area contributed by atoms with Gasteiger partial charge in [-0.2, -0.15) is 26.3 Å². The van der Waals surface area contributed by atoms with Gasteiger partial charge >= 0.3 is 18.3 Å². The number of halogens is 6. The van der Waals surface area contributed by atoms with Gasteiger partial charge in [-0.15, -0.1) is 11.3 Å². The monoisotopic (exact) mass is 768 g/mol. The number of pyridine rings is 1. The zero-order valence-electron chi connectivity index (χ0n) is 28.6. The predicted octanol–water partition coefficient (Wildman–Crippen LogP) is 6.47. The molecule has 286 valence electrons. The zero-order chi connectivity index (χ0) is 38.8. The van der Waals surface area contributed by atoms with E-state index in [0.717, 1.165) is 34.7 Å². The molecule has 0 aliphatic carbocycles. The number of alkyl halides is 6. The summed E-state index contributed by atoms with van der Waals surface area (Å²) in [5.41, 5.74) is 1.63. The smallest absolute Gasteiger partial charge is 0.425 e. The van der Waals surface area contributed by atoms with Gasteiger partial charge in [-0.25, -0.2) is 0 Å². The molecule has 2 aliphatic rings. The number of piperidine rings is 2. The van der Waals surface area contributed by atoms with Crippen LogP contribution < -0.4 is 10.5 Å². The van der Waals surface area contributed by atoms with Crippen LogP contribution in [0, 0.1) is 0 Å². The minimum absolute atomic E-state index is 0.00881. The molecule has 0 radical (unpaired) electrons.